The van der Waals surface area contributed by atoms with Crippen molar-refractivity contribution in [1.82, 2.24) is 15.1 Å². The molecule has 1 aromatic heterocycles. The van der Waals surface area contributed by atoms with Gasteiger partial charge >= 0.3 is 12.1 Å². The average Bonchev–Trinajstić information content (AvgIpc) is 2.62. The molecule has 2 rings (SSSR count). The Hall–Kier alpha value is -1.57. The number of nitrogens with one attached hydrogen (secondary N) is 1. The van der Waals surface area contributed by atoms with Crippen molar-refractivity contribution < 1.29 is 22.7 Å². The van der Waals surface area contributed by atoms with Crippen molar-refractivity contribution in [3.63, 3.8) is 0 Å². The minimum atomic E-state index is -4.33. The predicted octanol–water partition coefficient (Wildman–Crippen LogP) is 1.40. The average molecular weight is 277 g/mol. The van der Waals surface area contributed by atoms with Gasteiger partial charge in [-0.15, -0.1) is 0 Å². The lowest BCUT2D eigenvalue weighted by Gasteiger charge is -2.27. The Morgan fingerprint density at radius 1 is 1.58 bits per heavy atom. The van der Waals surface area contributed by atoms with Gasteiger partial charge in [-0.25, -0.2) is 4.79 Å². The summed E-state index contributed by atoms with van der Waals surface area (Å²) in [4.78, 5) is 11.8. The van der Waals surface area contributed by atoms with Crippen LogP contribution in [0.25, 0.3) is 0 Å². The first kappa shape index (κ1) is 13.9. The maximum Gasteiger partial charge on any atom is 0.405 e. The molecule has 106 valence electrons. The molecule has 0 fully saturated rings. The number of hydrogen-bond acceptors (Lipinski definition) is 4. The summed E-state index contributed by atoms with van der Waals surface area (Å²) in [7, 11) is 0. The molecular formula is C11H14F3N3O2. The molecule has 1 unspecified atom stereocenters. The number of fused-ring (bicyclic) bond motifs is 1. The summed E-state index contributed by atoms with van der Waals surface area (Å²) in [6, 6.07) is -1.64. The molecule has 0 aliphatic carbocycles. The second-order valence-corrected chi connectivity index (χ2v) is 4.28. The van der Waals surface area contributed by atoms with Gasteiger partial charge in [0.1, 0.15) is 11.6 Å². The van der Waals surface area contributed by atoms with Gasteiger partial charge in [0.2, 0.25) is 0 Å². The van der Waals surface area contributed by atoms with Crippen molar-refractivity contribution in [2.45, 2.75) is 39.2 Å². The monoisotopic (exact) mass is 277 g/mol. The Labute approximate surface area is 107 Å². The summed E-state index contributed by atoms with van der Waals surface area (Å²) in [5.74, 6) is -0.548. The topological polar surface area (TPSA) is 56.1 Å². The van der Waals surface area contributed by atoms with Gasteiger partial charge in [0.05, 0.1) is 24.5 Å². The molecule has 2 heterocycles. The van der Waals surface area contributed by atoms with Crippen LogP contribution in [0.5, 0.6) is 0 Å². The molecule has 5 nitrogen and oxygen atoms in total. The van der Waals surface area contributed by atoms with E-state index in [0.29, 0.717) is 11.4 Å². The van der Waals surface area contributed by atoms with Crippen LogP contribution in [0.4, 0.5) is 13.2 Å². The maximum absolute atomic E-state index is 12.6. The van der Waals surface area contributed by atoms with Crippen molar-refractivity contribution in [2.75, 3.05) is 6.61 Å². The van der Waals surface area contributed by atoms with Crippen molar-refractivity contribution in [3.8, 4) is 0 Å². The zero-order valence-electron chi connectivity index (χ0n) is 10.5. The largest absolute Gasteiger partial charge is 0.462 e. The molecule has 1 aliphatic heterocycles. The van der Waals surface area contributed by atoms with E-state index in [9.17, 15) is 18.0 Å². The highest BCUT2D eigenvalue weighted by Crippen LogP contribution is 2.26. The van der Waals surface area contributed by atoms with Crippen LogP contribution in [0, 0.1) is 6.92 Å². The highest BCUT2D eigenvalue weighted by molar-refractivity contribution is 5.92. The Balaban J connectivity index is 2.30. The lowest BCUT2D eigenvalue weighted by atomic mass is 10.1. The molecule has 0 spiro atoms. The lowest BCUT2D eigenvalue weighted by Crippen LogP contribution is -2.49. The number of nitrogens with zero attached hydrogens (tertiary/aromatic N) is 2. The van der Waals surface area contributed by atoms with Crippen LogP contribution in [0.2, 0.25) is 0 Å². The quantitative estimate of drug-likeness (QED) is 0.830. The number of rotatable bonds is 2. The number of ether oxygens (including phenoxy) is 1. The second kappa shape index (κ2) is 4.84. The number of carbonyl (C=O) groups excluding carboxylic acids is 1. The number of aryl methyl sites for hydroxylation is 1. The van der Waals surface area contributed by atoms with E-state index in [1.807, 2.05) is 0 Å². The van der Waals surface area contributed by atoms with E-state index < -0.39 is 18.2 Å². The van der Waals surface area contributed by atoms with E-state index in [1.165, 1.54) is 4.68 Å². The molecule has 0 bridgehead atoms. The Morgan fingerprint density at radius 2 is 2.26 bits per heavy atom. The van der Waals surface area contributed by atoms with Gasteiger partial charge in [-0.2, -0.15) is 18.3 Å². The van der Waals surface area contributed by atoms with E-state index in [0.717, 1.165) is 0 Å². The highest BCUT2D eigenvalue weighted by Gasteiger charge is 2.42. The molecule has 0 saturated heterocycles. The fourth-order valence-corrected chi connectivity index (χ4v) is 2.11. The molecule has 0 saturated carbocycles. The summed E-state index contributed by atoms with van der Waals surface area (Å²) in [6.45, 7) is 3.07. The summed E-state index contributed by atoms with van der Waals surface area (Å²) in [5.41, 5.74) is 1.09. The molecule has 0 radical (unpaired) electrons. The van der Waals surface area contributed by atoms with Gasteiger partial charge in [0.15, 0.2) is 0 Å². The van der Waals surface area contributed by atoms with Crippen molar-refractivity contribution in [2.24, 2.45) is 0 Å². The number of carbonyl (C=O) groups is 1. The van der Waals surface area contributed by atoms with E-state index in [2.05, 4.69) is 10.4 Å². The molecule has 8 heteroatoms. The van der Waals surface area contributed by atoms with Crippen molar-refractivity contribution >= 4 is 5.97 Å². The molecule has 1 aliphatic rings. The van der Waals surface area contributed by atoms with Crippen LogP contribution in [0.15, 0.2) is 0 Å². The first-order valence-electron chi connectivity index (χ1n) is 5.88. The van der Waals surface area contributed by atoms with Gasteiger partial charge in [-0.3, -0.25) is 10.00 Å². The third kappa shape index (κ3) is 2.58. The van der Waals surface area contributed by atoms with Gasteiger partial charge in [0, 0.05) is 6.54 Å². The first-order valence-corrected chi connectivity index (χ1v) is 5.88. The standard InChI is InChI=1S/C11H14F3N3O2/c1-3-19-10(18)9-6(2)16-17-5-8(11(12,13)14)15-4-7(9)17/h8,15H,3-5H2,1-2H3. The summed E-state index contributed by atoms with van der Waals surface area (Å²) in [5, 5.41) is 6.37. The fourth-order valence-electron chi connectivity index (χ4n) is 2.11. The molecule has 0 amide bonds. The maximum atomic E-state index is 12.6. The van der Waals surface area contributed by atoms with Gasteiger partial charge in [-0.1, -0.05) is 0 Å². The first-order chi connectivity index (χ1) is 8.84. The predicted molar refractivity (Wildman–Crippen MR) is 59.6 cm³/mol. The lowest BCUT2D eigenvalue weighted by molar-refractivity contribution is -0.162. The third-order valence-electron chi connectivity index (χ3n) is 2.98. The number of halogens is 3. The number of esters is 1. The molecule has 0 aromatic carbocycles. The van der Waals surface area contributed by atoms with Crippen LogP contribution >= 0.6 is 0 Å². The smallest absolute Gasteiger partial charge is 0.405 e. The number of hydrogen-bond donors (Lipinski definition) is 1. The molecule has 1 N–H and O–H groups in total. The summed E-state index contributed by atoms with van der Waals surface area (Å²) >= 11 is 0. The molecule has 19 heavy (non-hydrogen) atoms. The van der Waals surface area contributed by atoms with E-state index >= 15 is 0 Å². The summed E-state index contributed by atoms with van der Waals surface area (Å²) < 4.78 is 44.0. The van der Waals surface area contributed by atoms with Gasteiger partial charge in [0.25, 0.3) is 0 Å². The van der Waals surface area contributed by atoms with E-state index in [4.69, 9.17) is 4.74 Å². The van der Waals surface area contributed by atoms with Crippen molar-refractivity contribution in [1.29, 1.82) is 0 Å². The minimum Gasteiger partial charge on any atom is -0.462 e. The molecule has 1 atom stereocenters. The Bertz CT molecular complexity index is 496. The minimum absolute atomic E-state index is 0.0564. The van der Waals surface area contributed by atoms with Crippen molar-refractivity contribution in [3.05, 3.63) is 17.0 Å². The number of alkyl halides is 3. The SMILES string of the molecule is CCOC(=O)c1c(C)nn2c1CNC(C(F)(F)F)C2. The van der Waals surface area contributed by atoms with Crippen LogP contribution in [-0.4, -0.2) is 34.6 Å². The van der Waals surface area contributed by atoms with Gasteiger partial charge < -0.3 is 4.74 Å². The van der Waals surface area contributed by atoms with Crippen LogP contribution in [-0.2, 0) is 17.8 Å². The van der Waals surface area contributed by atoms with Crippen LogP contribution in [0.3, 0.4) is 0 Å². The Kier molecular flexibility index (Phi) is 3.53. The highest BCUT2D eigenvalue weighted by atomic mass is 19.4. The summed E-state index contributed by atoms with van der Waals surface area (Å²) in [6.07, 6.45) is -4.33. The molecule has 1 aromatic rings. The normalized spacial score (nSPS) is 19.1. The van der Waals surface area contributed by atoms with E-state index in [1.54, 1.807) is 13.8 Å². The third-order valence-corrected chi connectivity index (χ3v) is 2.98. The number of aromatic nitrogens is 2. The van der Waals surface area contributed by atoms with Gasteiger partial charge in [-0.05, 0) is 13.8 Å². The van der Waals surface area contributed by atoms with Crippen LogP contribution in [0.1, 0.15) is 28.7 Å². The molecular weight excluding hydrogens is 263 g/mol. The Morgan fingerprint density at radius 3 is 2.84 bits per heavy atom. The zero-order valence-corrected chi connectivity index (χ0v) is 10.5. The van der Waals surface area contributed by atoms with Crippen LogP contribution < -0.4 is 5.32 Å². The van der Waals surface area contributed by atoms with E-state index in [-0.39, 0.29) is 25.3 Å². The second-order valence-electron chi connectivity index (χ2n) is 4.28. The zero-order chi connectivity index (χ0) is 14.2. The fraction of sp³-hybridized carbons (Fsp3) is 0.636.